The Kier molecular flexibility index (Phi) is 5.86. The van der Waals surface area contributed by atoms with Gasteiger partial charge in [0.1, 0.15) is 0 Å². The minimum atomic E-state index is -0.853. The van der Waals surface area contributed by atoms with Crippen LogP contribution in [0, 0.1) is 6.92 Å². The summed E-state index contributed by atoms with van der Waals surface area (Å²) >= 11 is 0. The number of hydrogen-bond donors (Lipinski definition) is 1. The molecule has 5 heteroatoms. The molecule has 1 N–H and O–H groups in total. The number of aryl methyl sites for hydroxylation is 1. The third-order valence-corrected chi connectivity index (χ3v) is 3.48. The van der Waals surface area contributed by atoms with Gasteiger partial charge in [0.25, 0.3) is 5.91 Å². The lowest BCUT2D eigenvalue weighted by Gasteiger charge is -2.22. The van der Waals surface area contributed by atoms with Gasteiger partial charge in [-0.2, -0.15) is 0 Å². The molecule has 5 nitrogen and oxygen atoms in total. The Balaban J connectivity index is 2.12. The van der Waals surface area contributed by atoms with Crippen molar-refractivity contribution in [2.24, 2.45) is 0 Å². The third-order valence-electron chi connectivity index (χ3n) is 3.48. The van der Waals surface area contributed by atoms with Gasteiger partial charge in [-0.15, -0.1) is 0 Å². The number of aromatic nitrogens is 1. The summed E-state index contributed by atoms with van der Waals surface area (Å²) < 4.78 is 0. The predicted octanol–water partition coefficient (Wildman–Crippen LogP) is 2.90. The second-order valence-electron chi connectivity index (χ2n) is 5.40. The maximum absolute atomic E-state index is 12.7. The highest BCUT2D eigenvalue weighted by atomic mass is 16.4. The summed E-state index contributed by atoms with van der Waals surface area (Å²) in [5, 5.41) is 8.79. The topological polar surface area (TPSA) is 70.5 Å². The number of carboxylic acids is 1. The molecule has 2 aromatic rings. The summed E-state index contributed by atoms with van der Waals surface area (Å²) in [5.41, 5.74) is 2.38. The number of aliphatic carboxylic acids is 1. The Labute approximate surface area is 135 Å². The number of rotatable bonds is 7. The van der Waals surface area contributed by atoms with Crippen LogP contribution in [0.1, 0.15) is 34.5 Å². The average Bonchev–Trinajstić information content (AvgIpc) is 2.54. The van der Waals surface area contributed by atoms with Gasteiger partial charge in [-0.1, -0.05) is 30.3 Å². The lowest BCUT2D eigenvalue weighted by molar-refractivity contribution is -0.137. The molecular weight excluding hydrogens is 292 g/mol. The van der Waals surface area contributed by atoms with Gasteiger partial charge in [0.15, 0.2) is 0 Å². The van der Waals surface area contributed by atoms with Gasteiger partial charge in [-0.25, -0.2) is 0 Å². The highest BCUT2D eigenvalue weighted by molar-refractivity contribution is 5.93. The van der Waals surface area contributed by atoms with E-state index in [9.17, 15) is 9.59 Å². The second-order valence-corrected chi connectivity index (χ2v) is 5.40. The summed E-state index contributed by atoms with van der Waals surface area (Å²) in [6.07, 6.45) is 2.03. The Morgan fingerprint density at radius 2 is 1.87 bits per heavy atom. The Bertz CT molecular complexity index is 654. The summed E-state index contributed by atoms with van der Waals surface area (Å²) in [4.78, 5) is 29.2. The molecule has 23 heavy (non-hydrogen) atoms. The number of carbonyl (C=O) groups is 2. The zero-order chi connectivity index (χ0) is 16.7. The van der Waals surface area contributed by atoms with E-state index in [4.69, 9.17) is 5.11 Å². The Morgan fingerprint density at radius 1 is 1.13 bits per heavy atom. The van der Waals surface area contributed by atoms with Crippen molar-refractivity contribution in [3.8, 4) is 0 Å². The molecule has 0 unspecified atom stereocenters. The molecule has 1 aromatic heterocycles. The molecule has 0 radical (unpaired) electrons. The van der Waals surface area contributed by atoms with Crippen LogP contribution in [-0.4, -0.2) is 33.4 Å². The molecule has 1 heterocycles. The van der Waals surface area contributed by atoms with Crippen LogP contribution in [-0.2, 0) is 11.3 Å². The number of nitrogens with zero attached hydrogens (tertiary/aromatic N) is 2. The van der Waals surface area contributed by atoms with E-state index in [0.717, 1.165) is 11.3 Å². The molecule has 1 amide bonds. The predicted molar refractivity (Wildman–Crippen MR) is 87.0 cm³/mol. The van der Waals surface area contributed by atoms with E-state index in [-0.39, 0.29) is 12.3 Å². The van der Waals surface area contributed by atoms with Crippen LogP contribution in [0.2, 0.25) is 0 Å². The van der Waals surface area contributed by atoms with E-state index in [1.54, 1.807) is 23.2 Å². The number of carbonyl (C=O) groups excluding carboxylic acids is 1. The maximum Gasteiger partial charge on any atom is 0.303 e. The largest absolute Gasteiger partial charge is 0.481 e. The number of hydrogen-bond acceptors (Lipinski definition) is 3. The highest BCUT2D eigenvalue weighted by Gasteiger charge is 2.16. The lowest BCUT2D eigenvalue weighted by atomic mass is 10.1. The molecule has 0 aliphatic carbocycles. The molecule has 0 saturated carbocycles. The molecule has 0 aliphatic heterocycles. The normalized spacial score (nSPS) is 10.3. The first kappa shape index (κ1) is 16.7. The van der Waals surface area contributed by atoms with Gasteiger partial charge in [0.2, 0.25) is 0 Å². The summed E-state index contributed by atoms with van der Waals surface area (Å²) in [5.74, 6) is -0.985. The van der Waals surface area contributed by atoms with Gasteiger partial charge >= 0.3 is 5.97 Å². The molecule has 2 rings (SSSR count). The molecule has 0 atom stereocenters. The number of amides is 1. The third kappa shape index (κ3) is 5.21. The van der Waals surface area contributed by atoms with Gasteiger partial charge in [0.05, 0.1) is 5.56 Å². The number of benzene rings is 1. The minimum absolute atomic E-state index is 0.0463. The van der Waals surface area contributed by atoms with Crippen LogP contribution in [0.4, 0.5) is 0 Å². The van der Waals surface area contributed by atoms with Crippen LogP contribution < -0.4 is 0 Å². The maximum atomic E-state index is 12.7. The molecule has 0 fully saturated rings. The molecular formula is C18H20N2O3. The smallest absolute Gasteiger partial charge is 0.303 e. The monoisotopic (exact) mass is 312 g/mol. The Hall–Kier alpha value is -2.69. The molecule has 1 aromatic carbocycles. The molecule has 0 bridgehead atoms. The molecule has 120 valence electrons. The fourth-order valence-corrected chi connectivity index (χ4v) is 2.25. The van der Waals surface area contributed by atoms with Gasteiger partial charge in [-0.05, 0) is 31.0 Å². The molecule has 0 saturated heterocycles. The number of pyridine rings is 1. The average molecular weight is 312 g/mol. The molecule has 0 aliphatic rings. The van der Waals surface area contributed by atoms with Gasteiger partial charge < -0.3 is 10.0 Å². The summed E-state index contributed by atoms with van der Waals surface area (Å²) in [7, 11) is 0. The van der Waals surface area contributed by atoms with Crippen molar-refractivity contribution in [2.45, 2.75) is 26.3 Å². The van der Waals surface area contributed by atoms with Crippen LogP contribution in [0.5, 0.6) is 0 Å². The minimum Gasteiger partial charge on any atom is -0.481 e. The first-order chi connectivity index (χ1) is 11.1. The van der Waals surface area contributed by atoms with Crippen LogP contribution >= 0.6 is 0 Å². The zero-order valence-corrected chi connectivity index (χ0v) is 13.1. The quantitative estimate of drug-likeness (QED) is 0.853. The Morgan fingerprint density at radius 3 is 2.48 bits per heavy atom. The van der Waals surface area contributed by atoms with E-state index in [1.165, 1.54) is 0 Å². The van der Waals surface area contributed by atoms with Crippen LogP contribution in [0.3, 0.4) is 0 Å². The van der Waals surface area contributed by atoms with Crippen LogP contribution in [0.25, 0.3) is 0 Å². The summed E-state index contributed by atoms with van der Waals surface area (Å²) in [6.45, 7) is 2.71. The molecule has 0 spiro atoms. The van der Waals surface area contributed by atoms with Crippen molar-refractivity contribution >= 4 is 11.9 Å². The SMILES string of the molecule is Cc1ccc(C(=O)N(CCCC(=O)O)Cc2ccccc2)cn1. The second kappa shape index (κ2) is 8.08. The van der Waals surface area contributed by atoms with Crippen molar-refractivity contribution in [3.63, 3.8) is 0 Å². The van der Waals surface area contributed by atoms with E-state index in [0.29, 0.717) is 25.1 Å². The van der Waals surface area contributed by atoms with E-state index >= 15 is 0 Å². The first-order valence-corrected chi connectivity index (χ1v) is 7.54. The lowest BCUT2D eigenvalue weighted by Crippen LogP contribution is -2.32. The van der Waals surface area contributed by atoms with Crippen molar-refractivity contribution in [1.29, 1.82) is 0 Å². The zero-order valence-electron chi connectivity index (χ0n) is 13.1. The number of carboxylic acid groups (broad SMARTS) is 1. The van der Waals surface area contributed by atoms with Gasteiger partial charge in [0, 0.05) is 31.4 Å². The van der Waals surface area contributed by atoms with Crippen molar-refractivity contribution < 1.29 is 14.7 Å². The van der Waals surface area contributed by atoms with Crippen molar-refractivity contribution in [1.82, 2.24) is 9.88 Å². The van der Waals surface area contributed by atoms with E-state index in [1.807, 2.05) is 37.3 Å². The fourth-order valence-electron chi connectivity index (χ4n) is 2.25. The van der Waals surface area contributed by atoms with Crippen LogP contribution in [0.15, 0.2) is 48.7 Å². The highest BCUT2D eigenvalue weighted by Crippen LogP contribution is 2.11. The summed E-state index contributed by atoms with van der Waals surface area (Å²) in [6, 6.07) is 13.2. The van der Waals surface area contributed by atoms with E-state index in [2.05, 4.69) is 4.98 Å². The van der Waals surface area contributed by atoms with Crippen molar-refractivity contribution in [2.75, 3.05) is 6.54 Å². The van der Waals surface area contributed by atoms with Crippen molar-refractivity contribution in [3.05, 3.63) is 65.5 Å². The van der Waals surface area contributed by atoms with E-state index < -0.39 is 5.97 Å². The standard InChI is InChI=1S/C18H20N2O3/c1-14-9-10-16(12-19-14)18(23)20(11-5-8-17(21)22)13-15-6-3-2-4-7-15/h2-4,6-7,9-10,12H,5,8,11,13H2,1H3,(H,21,22). The fraction of sp³-hybridized carbons (Fsp3) is 0.278. The van der Waals surface area contributed by atoms with Gasteiger partial charge in [-0.3, -0.25) is 14.6 Å². The first-order valence-electron chi connectivity index (χ1n) is 7.54.